The van der Waals surface area contributed by atoms with Crippen LogP contribution >= 0.6 is 0 Å². The van der Waals surface area contributed by atoms with Crippen LogP contribution in [0.4, 0.5) is 0 Å². The van der Waals surface area contributed by atoms with Gasteiger partial charge in [0.05, 0.1) is 0 Å². The van der Waals surface area contributed by atoms with Crippen molar-refractivity contribution in [3.63, 3.8) is 0 Å². The van der Waals surface area contributed by atoms with Gasteiger partial charge in [-0.2, -0.15) is 4.98 Å². The number of aromatic nitrogens is 2. The minimum Gasteiger partial charge on any atom is -0.368 e. The van der Waals surface area contributed by atoms with Gasteiger partial charge in [-0.15, -0.1) is 0 Å². The fraction of sp³-hybridized carbons (Fsp3) is 0.412. The molecule has 0 aliphatic carbocycles. The van der Waals surface area contributed by atoms with Crippen molar-refractivity contribution in [3.05, 3.63) is 36.2 Å². The van der Waals surface area contributed by atoms with Crippen LogP contribution in [0.3, 0.4) is 0 Å². The molecule has 128 valence electrons. The summed E-state index contributed by atoms with van der Waals surface area (Å²) < 4.78 is 5.16. The Morgan fingerprint density at radius 3 is 2.62 bits per heavy atom. The first-order valence-electron chi connectivity index (χ1n) is 7.98. The van der Waals surface area contributed by atoms with E-state index in [0.717, 1.165) is 12.0 Å². The third-order valence-corrected chi connectivity index (χ3v) is 3.90. The van der Waals surface area contributed by atoms with Crippen LogP contribution in [0.1, 0.15) is 32.6 Å². The van der Waals surface area contributed by atoms with Gasteiger partial charge in [0.25, 0.3) is 0 Å². The maximum absolute atomic E-state index is 12.0. The van der Waals surface area contributed by atoms with E-state index in [-0.39, 0.29) is 18.2 Å². The molecule has 7 nitrogen and oxygen atoms in total. The van der Waals surface area contributed by atoms with Crippen molar-refractivity contribution < 1.29 is 14.1 Å². The van der Waals surface area contributed by atoms with Crippen LogP contribution in [-0.2, 0) is 16.0 Å². The van der Waals surface area contributed by atoms with Crippen molar-refractivity contribution in [2.45, 2.75) is 39.2 Å². The lowest BCUT2D eigenvalue weighted by molar-refractivity contribution is -0.128. The van der Waals surface area contributed by atoms with Crippen molar-refractivity contribution in [3.8, 4) is 11.4 Å². The third kappa shape index (κ3) is 4.65. The van der Waals surface area contributed by atoms with Crippen LogP contribution < -0.4 is 11.1 Å². The van der Waals surface area contributed by atoms with Gasteiger partial charge in [0.1, 0.15) is 6.04 Å². The zero-order chi connectivity index (χ0) is 17.5. The second-order valence-corrected chi connectivity index (χ2v) is 5.71. The number of carbonyl (C=O) groups is 2. The highest BCUT2D eigenvalue weighted by atomic mass is 16.5. The molecule has 1 aromatic heterocycles. The quantitative estimate of drug-likeness (QED) is 0.765. The van der Waals surface area contributed by atoms with Crippen molar-refractivity contribution >= 4 is 11.8 Å². The number of nitrogens with two attached hydrogens (primary N) is 1. The van der Waals surface area contributed by atoms with Crippen LogP contribution in [0.15, 0.2) is 34.9 Å². The van der Waals surface area contributed by atoms with E-state index in [2.05, 4.69) is 15.5 Å². The van der Waals surface area contributed by atoms with Gasteiger partial charge >= 0.3 is 0 Å². The Morgan fingerprint density at radius 2 is 2.00 bits per heavy atom. The summed E-state index contributed by atoms with van der Waals surface area (Å²) in [6.07, 6.45) is 1.20. The van der Waals surface area contributed by atoms with Crippen molar-refractivity contribution in [2.24, 2.45) is 11.7 Å². The van der Waals surface area contributed by atoms with Gasteiger partial charge in [0.15, 0.2) is 0 Å². The van der Waals surface area contributed by atoms with Crippen LogP contribution in [0.5, 0.6) is 0 Å². The molecule has 24 heavy (non-hydrogen) atoms. The Labute approximate surface area is 140 Å². The minimum atomic E-state index is -0.662. The van der Waals surface area contributed by atoms with Crippen molar-refractivity contribution in [1.29, 1.82) is 0 Å². The fourth-order valence-electron chi connectivity index (χ4n) is 2.26. The number of hydrogen-bond acceptors (Lipinski definition) is 5. The van der Waals surface area contributed by atoms with Crippen LogP contribution in [0.2, 0.25) is 0 Å². The van der Waals surface area contributed by atoms with Gasteiger partial charge in [-0.1, -0.05) is 55.8 Å². The first kappa shape index (κ1) is 17.7. The first-order valence-corrected chi connectivity index (χ1v) is 7.98. The second kappa shape index (κ2) is 8.24. The zero-order valence-corrected chi connectivity index (χ0v) is 13.9. The lowest BCUT2D eigenvalue weighted by Gasteiger charge is -2.20. The number of primary amides is 1. The topological polar surface area (TPSA) is 111 Å². The van der Waals surface area contributed by atoms with E-state index in [1.807, 2.05) is 44.2 Å². The van der Waals surface area contributed by atoms with Crippen LogP contribution in [0.25, 0.3) is 11.4 Å². The number of rotatable bonds is 8. The van der Waals surface area contributed by atoms with Gasteiger partial charge in [-0.05, 0) is 5.92 Å². The summed E-state index contributed by atoms with van der Waals surface area (Å²) in [5.41, 5.74) is 6.19. The highest BCUT2D eigenvalue weighted by molar-refractivity contribution is 5.86. The molecule has 2 aromatic rings. The molecule has 2 rings (SSSR count). The molecule has 2 atom stereocenters. The third-order valence-electron chi connectivity index (χ3n) is 3.90. The molecule has 0 aliphatic rings. The van der Waals surface area contributed by atoms with Crippen LogP contribution in [0, 0.1) is 5.92 Å². The van der Waals surface area contributed by atoms with Gasteiger partial charge in [0, 0.05) is 18.4 Å². The summed E-state index contributed by atoms with van der Waals surface area (Å²) in [6, 6.07) is 8.78. The van der Waals surface area contributed by atoms with Gasteiger partial charge < -0.3 is 15.6 Å². The normalized spacial score (nSPS) is 13.2. The van der Waals surface area contributed by atoms with E-state index in [1.165, 1.54) is 0 Å². The predicted molar refractivity (Wildman–Crippen MR) is 88.6 cm³/mol. The number of nitrogens with one attached hydrogen (secondary N) is 1. The second-order valence-electron chi connectivity index (χ2n) is 5.71. The van der Waals surface area contributed by atoms with E-state index >= 15 is 0 Å². The van der Waals surface area contributed by atoms with E-state index in [0.29, 0.717) is 18.1 Å². The van der Waals surface area contributed by atoms with Gasteiger partial charge in [-0.25, -0.2) is 0 Å². The Balaban J connectivity index is 1.90. The first-order chi connectivity index (χ1) is 11.5. The molecule has 0 fully saturated rings. The summed E-state index contributed by atoms with van der Waals surface area (Å²) in [5, 5.41) is 6.58. The van der Waals surface area contributed by atoms with Gasteiger partial charge in [-0.3, -0.25) is 9.59 Å². The molecule has 0 saturated carbocycles. The molecule has 2 unspecified atom stereocenters. The lowest BCUT2D eigenvalue weighted by Crippen LogP contribution is -2.48. The number of aryl methyl sites for hydroxylation is 1. The van der Waals surface area contributed by atoms with Crippen molar-refractivity contribution in [2.75, 3.05) is 0 Å². The molecule has 1 aromatic carbocycles. The average Bonchev–Trinajstić information content (AvgIpc) is 3.06. The Hall–Kier alpha value is -2.70. The summed E-state index contributed by atoms with van der Waals surface area (Å²) in [5.74, 6) is 0.0590. The standard InChI is InChI=1S/C17H22N4O3/c1-3-11(2)15(16(18)23)19-13(22)9-10-14-20-17(21-24-14)12-7-5-4-6-8-12/h4-8,11,15H,3,9-10H2,1-2H3,(H2,18,23)(H,19,22). The fourth-order valence-corrected chi connectivity index (χ4v) is 2.26. The molecule has 0 spiro atoms. The molecule has 0 radical (unpaired) electrons. The Bertz CT molecular complexity index is 684. The molecule has 0 saturated heterocycles. The lowest BCUT2D eigenvalue weighted by atomic mass is 9.98. The Morgan fingerprint density at radius 1 is 1.29 bits per heavy atom. The summed E-state index contributed by atoms with van der Waals surface area (Å²) >= 11 is 0. The molecule has 0 aliphatic heterocycles. The molecule has 2 amide bonds. The average molecular weight is 330 g/mol. The van der Waals surface area contributed by atoms with E-state index in [1.54, 1.807) is 0 Å². The summed E-state index contributed by atoms with van der Waals surface area (Å²) in [7, 11) is 0. The highest BCUT2D eigenvalue weighted by Gasteiger charge is 2.23. The Kier molecular flexibility index (Phi) is 6.06. The summed E-state index contributed by atoms with van der Waals surface area (Å²) in [4.78, 5) is 27.7. The van der Waals surface area contributed by atoms with Crippen molar-refractivity contribution in [1.82, 2.24) is 15.5 Å². The van der Waals surface area contributed by atoms with E-state index in [9.17, 15) is 9.59 Å². The van der Waals surface area contributed by atoms with E-state index < -0.39 is 11.9 Å². The van der Waals surface area contributed by atoms with E-state index in [4.69, 9.17) is 10.3 Å². The molecular formula is C17H22N4O3. The minimum absolute atomic E-state index is 0.0143. The highest BCUT2D eigenvalue weighted by Crippen LogP contribution is 2.15. The SMILES string of the molecule is CCC(C)C(NC(=O)CCc1nc(-c2ccccc2)no1)C(N)=O. The molecular weight excluding hydrogens is 308 g/mol. The number of amides is 2. The monoisotopic (exact) mass is 330 g/mol. The molecule has 7 heteroatoms. The maximum atomic E-state index is 12.0. The molecule has 1 heterocycles. The smallest absolute Gasteiger partial charge is 0.240 e. The number of hydrogen-bond donors (Lipinski definition) is 2. The number of carbonyl (C=O) groups excluding carboxylic acids is 2. The predicted octanol–water partition coefficient (Wildman–Crippen LogP) is 1.69. The van der Waals surface area contributed by atoms with Crippen LogP contribution in [-0.4, -0.2) is 28.0 Å². The maximum Gasteiger partial charge on any atom is 0.240 e. The van der Waals surface area contributed by atoms with Gasteiger partial charge in [0.2, 0.25) is 23.5 Å². The molecule has 3 N–H and O–H groups in total. The number of nitrogens with zero attached hydrogens (tertiary/aromatic N) is 2. The number of benzene rings is 1. The largest absolute Gasteiger partial charge is 0.368 e. The zero-order valence-electron chi connectivity index (χ0n) is 13.9. The summed E-state index contributed by atoms with van der Waals surface area (Å²) in [6.45, 7) is 3.82. The molecule has 0 bridgehead atoms.